The van der Waals surface area contributed by atoms with Crippen LogP contribution in [0, 0.1) is 5.92 Å². The molecule has 1 aliphatic carbocycles. The number of alkyl halides is 1. The van der Waals surface area contributed by atoms with Crippen molar-refractivity contribution >= 4 is 0 Å². The predicted molar refractivity (Wildman–Crippen MR) is 86.3 cm³/mol. The summed E-state index contributed by atoms with van der Waals surface area (Å²) in [7, 11) is 0. The lowest BCUT2D eigenvalue weighted by Crippen LogP contribution is -2.51. The topological polar surface area (TPSA) is 81.9 Å². The van der Waals surface area contributed by atoms with Gasteiger partial charge in [0.1, 0.15) is 6.17 Å². The number of ether oxygens (including phenoxy) is 2. The highest BCUT2D eigenvalue weighted by atomic mass is 19.1. The van der Waals surface area contributed by atoms with Gasteiger partial charge < -0.3 is 9.47 Å². The van der Waals surface area contributed by atoms with E-state index in [1.807, 2.05) is 5.12 Å². The number of hydrogen-bond donors (Lipinski definition) is 5. The van der Waals surface area contributed by atoms with Crippen molar-refractivity contribution in [3.05, 3.63) is 0 Å². The minimum absolute atomic E-state index is 0.156. The Bertz CT molecular complexity index is 419. The quantitative estimate of drug-likeness (QED) is 0.368. The smallest absolute Gasteiger partial charge is 0.136 e. The van der Waals surface area contributed by atoms with E-state index in [9.17, 15) is 4.39 Å². The summed E-state index contributed by atoms with van der Waals surface area (Å²) < 4.78 is 25.3. The molecule has 138 valence electrons. The van der Waals surface area contributed by atoms with E-state index in [0.29, 0.717) is 37.4 Å². The van der Waals surface area contributed by atoms with Crippen molar-refractivity contribution in [1.29, 1.82) is 0 Å². The number of rotatable bonds is 0. The highest BCUT2D eigenvalue weighted by molar-refractivity contribution is 5.01. The van der Waals surface area contributed by atoms with E-state index in [2.05, 4.69) is 27.0 Å². The van der Waals surface area contributed by atoms with Crippen LogP contribution in [0.2, 0.25) is 0 Å². The summed E-state index contributed by atoms with van der Waals surface area (Å²) in [4.78, 5) is 0. The Morgan fingerprint density at radius 2 is 2.04 bits per heavy atom. The Kier molecular flexibility index (Phi) is 5.60. The third kappa shape index (κ3) is 3.88. The maximum atomic E-state index is 13.9. The molecule has 1 saturated carbocycles. The van der Waals surface area contributed by atoms with Gasteiger partial charge in [-0.1, -0.05) is 0 Å². The molecule has 6 unspecified atom stereocenters. The largest absolute Gasteiger partial charge is 0.375 e. The van der Waals surface area contributed by atoms with E-state index in [4.69, 9.17) is 9.47 Å². The van der Waals surface area contributed by atoms with Gasteiger partial charge in [-0.3, -0.25) is 16.2 Å². The summed E-state index contributed by atoms with van der Waals surface area (Å²) in [6.07, 6.45) is 2.22. The molecular formula is C15H29FN6O2. The number of hydrogen-bond acceptors (Lipinski definition) is 8. The fraction of sp³-hybridized carbons (Fsp3) is 1.00. The molecule has 3 aliphatic heterocycles. The maximum absolute atomic E-state index is 13.9. The maximum Gasteiger partial charge on any atom is 0.136 e. The Balaban J connectivity index is 1.41. The summed E-state index contributed by atoms with van der Waals surface area (Å²) >= 11 is 0. The first-order valence-electron chi connectivity index (χ1n) is 9.12. The summed E-state index contributed by atoms with van der Waals surface area (Å²) in [5.74, 6) is 0.503. The van der Waals surface area contributed by atoms with Crippen LogP contribution in [-0.2, 0) is 9.47 Å². The molecule has 3 heterocycles. The molecule has 5 N–H and O–H groups in total. The zero-order valence-corrected chi connectivity index (χ0v) is 14.0. The van der Waals surface area contributed by atoms with E-state index in [1.165, 1.54) is 0 Å². The molecule has 0 aromatic heterocycles. The van der Waals surface area contributed by atoms with E-state index in [-0.39, 0.29) is 19.3 Å². The molecule has 9 heteroatoms. The molecule has 24 heavy (non-hydrogen) atoms. The summed E-state index contributed by atoms with van der Waals surface area (Å²) in [6, 6.07) is 1.15. The molecule has 0 radical (unpaired) electrons. The lowest BCUT2D eigenvalue weighted by atomic mass is 9.78. The van der Waals surface area contributed by atoms with E-state index in [0.717, 1.165) is 32.4 Å². The number of fused-ring (bicyclic) bond motifs is 4. The SMILES string of the molecule is F[C@H]1CNCOCCN2NCC(N2)C2NNC3CCC(CC32)OC1. The second-order valence-electron chi connectivity index (χ2n) is 7.21. The van der Waals surface area contributed by atoms with Gasteiger partial charge in [-0.2, -0.15) is 5.12 Å². The second kappa shape index (κ2) is 7.88. The van der Waals surface area contributed by atoms with Crippen LogP contribution in [0.4, 0.5) is 4.39 Å². The van der Waals surface area contributed by atoms with Gasteiger partial charge >= 0.3 is 0 Å². The normalized spacial score (nSPS) is 47.6. The standard InChI is InChI=1S/C15H29FN6O2/c16-10-6-17-9-23-4-3-22-18-7-14(21-22)15-12-5-11(24-8-10)1-2-13(12)19-20-15/h10-15,17-21H,1-9H2/t10-,11?,12?,13?,14?,15?/m0/s1. The molecular weight excluding hydrogens is 315 g/mol. The zero-order valence-electron chi connectivity index (χ0n) is 14.0. The monoisotopic (exact) mass is 344 g/mol. The van der Waals surface area contributed by atoms with Gasteiger partial charge in [0, 0.05) is 25.2 Å². The minimum atomic E-state index is -0.988. The molecule has 4 bridgehead atoms. The molecule has 3 saturated heterocycles. The van der Waals surface area contributed by atoms with Crippen molar-refractivity contribution in [1.82, 2.24) is 32.1 Å². The molecule has 0 amide bonds. The Hall–Kier alpha value is -0.390. The van der Waals surface area contributed by atoms with Crippen molar-refractivity contribution in [3.63, 3.8) is 0 Å². The highest BCUT2D eigenvalue weighted by Crippen LogP contribution is 2.33. The Morgan fingerprint density at radius 1 is 1.08 bits per heavy atom. The molecule has 8 nitrogen and oxygen atoms in total. The second-order valence-corrected chi connectivity index (χ2v) is 7.21. The van der Waals surface area contributed by atoms with Gasteiger partial charge in [0.25, 0.3) is 0 Å². The van der Waals surface area contributed by atoms with Crippen molar-refractivity contribution < 1.29 is 13.9 Å². The van der Waals surface area contributed by atoms with Gasteiger partial charge in [-0.15, -0.1) is 0 Å². The molecule has 4 aliphatic rings. The highest BCUT2D eigenvalue weighted by Gasteiger charge is 2.45. The molecule has 7 atom stereocenters. The van der Waals surface area contributed by atoms with Crippen LogP contribution in [0.1, 0.15) is 19.3 Å². The van der Waals surface area contributed by atoms with Gasteiger partial charge in [-0.25, -0.2) is 15.2 Å². The van der Waals surface area contributed by atoms with Crippen LogP contribution in [-0.4, -0.2) is 75.1 Å². The van der Waals surface area contributed by atoms with Crippen LogP contribution in [0.15, 0.2) is 0 Å². The van der Waals surface area contributed by atoms with Crippen molar-refractivity contribution in [2.45, 2.75) is 49.7 Å². The lowest BCUT2D eigenvalue weighted by Gasteiger charge is -2.35. The number of nitrogens with one attached hydrogen (secondary N) is 5. The molecule has 0 aromatic rings. The van der Waals surface area contributed by atoms with Crippen LogP contribution < -0.4 is 27.0 Å². The van der Waals surface area contributed by atoms with Gasteiger partial charge in [0.15, 0.2) is 0 Å². The first-order chi connectivity index (χ1) is 11.8. The van der Waals surface area contributed by atoms with Crippen LogP contribution >= 0.6 is 0 Å². The van der Waals surface area contributed by atoms with Crippen molar-refractivity contribution in [2.75, 3.05) is 39.6 Å². The molecule has 0 spiro atoms. The van der Waals surface area contributed by atoms with Crippen molar-refractivity contribution in [3.8, 4) is 0 Å². The first-order valence-corrected chi connectivity index (χ1v) is 9.12. The van der Waals surface area contributed by atoms with Crippen LogP contribution in [0.25, 0.3) is 0 Å². The molecule has 4 fully saturated rings. The summed E-state index contributed by atoms with van der Waals surface area (Å²) in [5.41, 5.74) is 13.8. The summed E-state index contributed by atoms with van der Waals surface area (Å²) in [5, 5.41) is 4.98. The fourth-order valence-corrected chi connectivity index (χ4v) is 4.27. The Morgan fingerprint density at radius 3 is 3.00 bits per heavy atom. The average Bonchev–Trinajstić information content (AvgIpc) is 3.21. The van der Waals surface area contributed by atoms with Crippen LogP contribution in [0.3, 0.4) is 0 Å². The number of nitrogens with zero attached hydrogens (tertiary/aromatic N) is 1. The zero-order chi connectivity index (χ0) is 16.4. The molecule has 0 aromatic carbocycles. The fourth-order valence-electron chi connectivity index (χ4n) is 4.27. The van der Waals surface area contributed by atoms with Gasteiger partial charge in [0.2, 0.25) is 0 Å². The first kappa shape index (κ1) is 17.0. The lowest BCUT2D eigenvalue weighted by molar-refractivity contribution is -0.0199. The van der Waals surface area contributed by atoms with Crippen molar-refractivity contribution in [2.24, 2.45) is 5.92 Å². The van der Waals surface area contributed by atoms with Gasteiger partial charge in [-0.05, 0) is 25.2 Å². The average molecular weight is 344 g/mol. The third-order valence-corrected chi connectivity index (χ3v) is 5.55. The third-order valence-electron chi connectivity index (χ3n) is 5.55. The van der Waals surface area contributed by atoms with Gasteiger partial charge in [0.05, 0.1) is 38.6 Å². The molecule has 4 rings (SSSR count). The number of hydrazine groups is 3. The van der Waals surface area contributed by atoms with E-state index < -0.39 is 6.17 Å². The summed E-state index contributed by atoms with van der Waals surface area (Å²) in [6.45, 7) is 3.01. The van der Waals surface area contributed by atoms with E-state index >= 15 is 0 Å². The van der Waals surface area contributed by atoms with Crippen LogP contribution in [0.5, 0.6) is 0 Å². The Labute approximate surface area is 142 Å². The minimum Gasteiger partial charge on any atom is -0.375 e. The van der Waals surface area contributed by atoms with E-state index in [1.54, 1.807) is 0 Å². The number of halogens is 1. The predicted octanol–water partition coefficient (Wildman–Crippen LogP) is -1.37.